The quantitative estimate of drug-likeness (QED) is 0.157. The summed E-state index contributed by atoms with van der Waals surface area (Å²) in [6.07, 6.45) is 0. The predicted octanol–water partition coefficient (Wildman–Crippen LogP) is 4.43. The van der Waals surface area contributed by atoms with Crippen molar-refractivity contribution in [1.29, 1.82) is 0 Å². The molecule has 0 atom stereocenters. The number of hydrogen-bond acceptors (Lipinski definition) is 16. The van der Waals surface area contributed by atoms with E-state index in [0.29, 0.717) is 11.5 Å². The monoisotopic (exact) mass is 714 g/mol. The molecule has 0 radical (unpaired) electrons. The van der Waals surface area contributed by atoms with Gasteiger partial charge in [0.05, 0.1) is 39.6 Å². The Bertz CT molecular complexity index is 2080. The van der Waals surface area contributed by atoms with Crippen LogP contribution in [0.15, 0.2) is 36.4 Å². The van der Waals surface area contributed by atoms with Crippen molar-refractivity contribution in [3.63, 3.8) is 0 Å². The third kappa shape index (κ3) is 4.90. The lowest BCUT2D eigenvalue weighted by Gasteiger charge is -2.18. The van der Waals surface area contributed by atoms with Crippen LogP contribution >= 0.6 is 0 Å². The van der Waals surface area contributed by atoms with Crippen LogP contribution in [-0.2, 0) is 0 Å². The molecule has 0 aliphatic carbocycles. The molecular weight excluding hydrogens is 688 g/mol. The van der Waals surface area contributed by atoms with Crippen LogP contribution in [0.25, 0.3) is 11.1 Å². The fourth-order valence-electron chi connectivity index (χ4n) is 6.26. The highest BCUT2D eigenvalue weighted by Crippen LogP contribution is 2.56. The highest BCUT2D eigenvalue weighted by atomic mass is 16.7. The van der Waals surface area contributed by atoms with E-state index in [4.69, 9.17) is 56.8 Å². The number of methoxy groups -OCH3 is 4. The third-order valence-electron chi connectivity index (χ3n) is 8.64. The maximum atomic E-state index is 14.0. The van der Waals surface area contributed by atoms with Gasteiger partial charge in [-0.1, -0.05) is 0 Å². The zero-order chi connectivity index (χ0) is 36.3. The number of benzene rings is 4. The molecular formula is C36H26O16. The molecule has 0 fully saturated rings. The zero-order valence-corrected chi connectivity index (χ0v) is 27.8. The first-order valence-corrected chi connectivity index (χ1v) is 15.4. The van der Waals surface area contributed by atoms with E-state index in [9.17, 15) is 19.2 Å². The average Bonchev–Trinajstić information content (AvgIpc) is 4.01. The van der Waals surface area contributed by atoms with Crippen molar-refractivity contribution in [1.82, 2.24) is 0 Å². The number of fused-ring (bicyclic) bond motifs is 4. The number of Topliss-reactive ketones (excluding diaryl/α,β-unsaturated/α-hetero) is 4. The smallest absolute Gasteiger partial charge is 0.237 e. The van der Waals surface area contributed by atoms with Crippen LogP contribution in [0.2, 0.25) is 0 Å². The van der Waals surface area contributed by atoms with Gasteiger partial charge in [0.2, 0.25) is 73.3 Å². The van der Waals surface area contributed by atoms with Gasteiger partial charge in [-0.2, -0.15) is 0 Å². The van der Waals surface area contributed by atoms with Crippen LogP contribution in [0.3, 0.4) is 0 Å². The summed E-state index contributed by atoms with van der Waals surface area (Å²) in [4.78, 5) is 55.6. The molecule has 0 unspecified atom stereocenters. The van der Waals surface area contributed by atoms with Gasteiger partial charge in [0.15, 0.2) is 46.0 Å². The second-order valence-electron chi connectivity index (χ2n) is 11.3. The average molecular weight is 715 g/mol. The molecule has 4 aliphatic rings. The normalized spacial score (nSPS) is 13.8. The van der Waals surface area contributed by atoms with Crippen LogP contribution in [0.5, 0.6) is 69.0 Å². The molecule has 8 rings (SSSR count). The maximum Gasteiger partial charge on any atom is 0.237 e. The van der Waals surface area contributed by atoms with Crippen LogP contribution < -0.4 is 56.8 Å². The summed E-state index contributed by atoms with van der Waals surface area (Å²) in [5, 5.41) is 0. The fraction of sp³-hybridized carbons (Fsp3) is 0.222. The lowest BCUT2D eigenvalue weighted by atomic mass is 9.91. The van der Waals surface area contributed by atoms with Gasteiger partial charge in [-0.15, -0.1) is 0 Å². The number of rotatable bonds is 11. The molecule has 16 nitrogen and oxygen atoms in total. The minimum atomic E-state index is -0.977. The molecule has 0 spiro atoms. The van der Waals surface area contributed by atoms with Gasteiger partial charge < -0.3 is 56.8 Å². The highest BCUT2D eigenvalue weighted by molar-refractivity contribution is 6.51. The van der Waals surface area contributed by atoms with E-state index in [1.54, 1.807) is 0 Å². The molecule has 4 aromatic carbocycles. The number of carbonyl (C=O) groups excluding carboxylic acids is 4. The summed E-state index contributed by atoms with van der Waals surface area (Å²) < 4.78 is 66.7. The lowest BCUT2D eigenvalue weighted by Crippen LogP contribution is -2.16. The summed E-state index contributed by atoms with van der Waals surface area (Å²) in [7, 11) is 5.49. The Hall–Kier alpha value is -6.84. The van der Waals surface area contributed by atoms with Gasteiger partial charge in [-0.05, 0) is 36.4 Å². The van der Waals surface area contributed by atoms with Gasteiger partial charge in [-0.25, -0.2) is 0 Å². The number of ketones is 4. The molecule has 266 valence electrons. The van der Waals surface area contributed by atoms with E-state index in [2.05, 4.69) is 0 Å². The Balaban J connectivity index is 1.26. The van der Waals surface area contributed by atoms with E-state index in [0.717, 1.165) is 0 Å². The Morgan fingerprint density at radius 3 is 1.17 bits per heavy atom. The van der Waals surface area contributed by atoms with E-state index in [1.807, 2.05) is 0 Å². The van der Waals surface area contributed by atoms with Crippen molar-refractivity contribution in [2.24, 2.45) is 0 Å². The molecule has 0 bridgehead atoms. The summed E-state index contributed by atoms with van der Waals surface area (Å²) in [6, 6.07) is 8.16. The van der Waals surface area contributed by atoms with Crippen molar-refractivity contribution in [2.75, 3.05) is 55.6 Å². The van der Waals surface area contributed by atoms with E-state index < -0.39 is 23.1 Å². The summed E-state index contributed by atoms with van der Waals surface area (Å²) in [5.41, 5.74) is -0.200. The van der Waals surface area contributed by atoms with Crippen molar-refractivity contribution in [3.05, 3.63) is 58.7 Å². The van der Waals surface area contributed by atoms with E-state index in [1.165, 1.54) is 64.8 Å². The van der Waals surface area contributed by atoms with Gasteiger partial charge in [0.25, 0.3) is 0 Å². The van der Waals surface area contributed by atoms with Crippen molar-refractivity contribution >= 4 is 23.1 Å². The number of carbonyl (C=O) groups is 4. The predicted molar refractivity (Wildman–Crippen MR) is 173 cm³/mol. The molecule has 4 aromatic rings. The molecule has 0 amide bonds. The minimum absolute atomic E-state index is 0.00976. The minimum Gasteiger partial charge on any atom is -0.493 e. The Labute approximate surface area is 293 Å². The highest BCUT2D eigenvalue weighted by Gasteiger charge is 2.38. The second-order valence-corrected chi connectivity index (χ2v) is 11.3. The van der Waals surface area contributed by atoms with Crippen molar-refractivity contribution in [2.45, 2.75) is 0 Å². The molecule has 0 saturated heterocycles. The van der Waals surface area contributed by atoms with Crippen molar-refractivity contribution in [3.8, 4) is 80.1 Å². The first-order valence-electron chi connectivity index (χ1n) is 15.4. The molecule has 16 heteroatoms. The van der Waals surface area contributed by atoms with E-state index >= 15 is 0 Å². The van der Waals surface area contributed by atoms with Crippen LogP contribution in [-0.4, -0.2) is 78.7 Å². The standard InChI is InChI=1S/C36H26O16/c1-41-21-5-15(7-23-33(21)49-11-45-23)25(37)27(39)19-9-17(29(43-3)35-31(19)47-13-51-35)18-10-20(32-36(30(18)44-4)52-14-48-32)28(40)26(38)16-6-22(42-2)34-24(8-16)46-12-50-34/h5-10H,11-14H2,1-4H3. The molecule has 0 aromatic heterocycles. The first kappa shape index (κ1) is 32.4. The fourth-order valence-corrected chi connectivity index (χ4v) is 6.26. The molecule has 0 saturated carbocycles. The van der Waals surface area contributed by atoms with Gasteiger partial charge >= 0.3 is 0 Å². The Kier molecular flexibility index (Phi) is 7.77. The van der Waals surface area contributed by atoms with Gasteiger partial charge in [0.1, 0.15) is 0 Å². The van der Waals surface area contributed by atoms with Crippen LogP contribution in [0.1, 0.15) is 41.4 Å². The summed E-state index contributed by atoms with van der Waals surface area (Å²) in [5.74, 6) is -2.29. The molecule has 52 heavy (non-hydrogen) atoms. The van der Waals surface area contributed by atoms with Gasteiger partial charge in [-0.3, -0.25) is 19.2 Å². The van der Waals surface area contributed by atoms with Crippen molar-refractivity contribution < 1.29 is 76.0 Å². The largest absolute Gasteiger partial charge is 0.493 e. The van der Waals surface area contributed by atoms with Crippen LogP contribution in [0.4, 0.5) is 0 Å². The second kappa shape index (κ2) is 12.5. The SMILES string of the molecule is COc1cc(C(=O)C(=O)c2cc(-c3cc(C(=O)C(=O)c4cc(OC)c5c(c4)OCO5)c4c(c3OC)OCO4)c(OC)c3c2OCO3)cc2c1OCO2. The van der Waals surface area contributed by atoms with E-state index in [-0.39, 0.29) is 118 Å². The zero-order valence-electron chi connectivity index (χ0n) is 27.8. The number of ether oxygens (including phenoxy) is 12. The summed E-state index contributed by atoms with van der Waals surface area (Å²) in [6.45, 7) is -0.764. The third-order valence-corrected chi connectivity index (χ3v) is 8.64. The topological polar surface area (TPSA) is 179 Å². The Morgan fingerprint density at radius 1 is 0.423 bits per heavy atom. The lowest BCUT2D eigenvalue weighted by molar-refractivity contribution is 0.0813. The first-order chi connectivity index (χ1) is 25.3. The molecule has 0 N–H and O–H groups in total. The summed E-state index contributed by atoms with van der Waals surface area (Å²) >= 11 is 0. The van der Waals surface area contributed by atoms with Crippen LogP contribution in [0, 0.1) is 0 Å². The number of hydrogen-bond donors (Lipinski definition) is 0. The van der Waals surface area contributed by atoms with Gasteiger partial charge in [0, 0.05) is 22.3 Å². The molecule has 4 aliphatic heterocycles. The molecule has 4 heterocycles. The Morgan fingerprint density at radius 2 is 0.788 bits per heavy atom. The maximum absolute atomic E-state index is 14.0.